The summed E-state index contributed by atoms with van der Waals surface area (Å²) < 4.78 is 1.70. The minimum absolute atomic E-state index is 0.00553. The van der Waals surface area contributed by atoms with Crippen molar-refractivity contribution in [3.63, 3.8) is 0 Å². The number of carbonyl (C=O) groups excluding carboxylic acids is 4. The number of rotatable bonds is 6. The van der Waals surface area contributed by atoms with Crippen LogP contribution in [0.25, 0.3) is 17.0 Å². The fraction of sp³-hybridized carbons (Fsp3) is 0.167. The summed E-state index contributed by atoms with van der Waals surface area (Å²) in [4.78, 5) is 50.4. The number of hydrogen-bond acceptors (Lipinski definition) is 5. The third-order valence-corrected chi connectivity index (χ3v) is 6.17. The summed E-state index contributed by atoms with van der Waals surface area (Å²) in [6, 6.07) is 13.0. The standard InChI is InChI=1S/C24H22N4O4S/c1-14-7-8-18(15(2)9-14)26-22(30)13-28-23(31)20(33-24(28)32)10-16-11-27(12-21(25)29)19-6-4-3-5-17(16)19/h3-11H,12-13H2,1-2H3,(H2,25,29)(H,26,30)/b20-10-. The van der Waals surface area contributed by atoms with Gasteiger partial charge in [-0.05, 0) is 49.4 Å². The first-order chi connectivity index (χ1) is 15.7. The molecule has 168 valence electrons. The molecular formula is C24H22N4O4S. The third-order valence-electron chi connectivity index (χ3n) is 5.26. The molecule has 0 radical (unpaired) electrons. The second-order valence-electron chi connectivity index (χ2n) is 7.83. The van der Waals surface area contributed by atoms with Crippen LogP contribution in [0.4, 0.5) is 10.5 Å². The van der Waals surface area contributed by atoms with Gasteiger partial charge in [0.25, 0.3) is 11.1 Å². The number of aromatic nitrogens is 1. The lowest BCUT2D eigenvalue weighted by molar-refractivity contribution is -0.127. The maximum Gasteiger partial charge on any atom is 0.294 e. The number of nitrogens with one attached hydrogen (secondary N) is 1. The van der Waals surface area contributed by atoms with Gasteiger partial charge in [0.15, 0.2) is 0 Å². The van der Waals surface area contributed by atoms with E-state index in [0.717, 1.165) is 38.7 Å². The number of anilines is 1. The molecule has 1 saturated heterocycles. The van der Waals surface area contributed by atoms with Crippen molar-refractivity contribution in [1.82, 2.24) is 9.47 Å². The van der Waals surface area contributed by atoms with Crippen molar-refractivity contribution in [1.29, 1.82) is 0 Å². The average Bonchev–Trinajstić information content (AvgIpc) is 3.22. The zero-order chi connectivity index (χ0) is 23.7. The summed E-state index contributed by atoms with van der Waals surface area (Å²) in [6.07, 6.45) is 3.32. The van der Waals surface area contributed by atoms with Crippen molar-refractivity contribution in [3.05, 3.63) is 70.3 Å². The average molecular weight is 463 g/mol. The monoisotopic (exact) mass is 462 g/mol. The highest BCUT2D eigenvalue weighted by molar-refractivity contribution is 8.18. The van der Waals surface area contributed by atoms with Crippen molar-refractivity contribution in [2.45, 2.75) is 20.4 Å². The fourth-order valence-electron chi connectivity index (χ4n) is 3.75. The van der Waals surface area contributed by atoms with Crippen LogP contribution in [0.3, 0.4) is 0 Å². The summed E-state index contributed by atoms with van der Waals surface area (Å²) in [5.41, 5.74) is 9.40. The van der Waals surface area contributed by atoms with E-state index < -0.39 is 23.0 Å². The Balaban J connectivity index is 1.55. The fourth-order valence-corrected chi connectivity index (χ4v) is 4.58. The molecule has 2 heterocycles. The van der Waals surface area contributed by atoms with Gasteiger partial charge in [-0.15, -0.1) is 0 Å². The van der Waals surface area contributed by atoms with E-state index in [1.54, 1.807) is 22.9 Å². The lowest BCUT2D eigenvalue weighted by Crippen LogP contribution is -2.36. The first kappa shape index (κ1) is 22.3. The molecule has 1 aromatic heterocycles. The molecular weight excluding hydrogens is 440 g/mol. The van der Waals surface area contributed by atoms with Crippen LogP contribution in [-0.2, 0) is 20.9 Å². The van der Waals surface area contributed by atoms with E-state index in [4.69, 9.17) is 5.73 Å². The number of hydrogen-bond donors (Lipinski definition) is 2. The van der Waals surface area contributed by atoms with Gasteiger partial charge < -0.3 is 15.6 Å². The number of primary amides is 1. The molecule has 0 bridgehead atoms. The summed E-state index contributed by atoms with van der Waals surface area (Å²) in [5, 5.41) is 3.06. The molecule has 0 unspecified atom stereocenters. The van der Waals surface area contributed by atoms with Gasteiger partial charge in [-0.1, -0.05) is 35.9 Å². The highest BCUT2D eigenvalue weighted by Gasteiger charge is 2.36. The van der Waals surface area contributed by atoms with E-state index in [1.165, 1.54) is 0 Å². The van der Waals surface area contributed by atoms with Crippen molar-refractivity contribution in [2.75, 3.05) is 11.9 Å². The lowest BCUT2D eigenvalue weighted by atomic mass is 10.1. The second kappa shape index (κ2) is 8.95. The summed E-state index contributed by atoms with van der Waals surface area (Å²) in [5.74, 6) is -1.48. The SMILES string of the molecule is Cc1ccc(NC(=O)CN2C(=O)S/C(=C\c3cn(CC(N)=O)c4ccccc34)C2=O)c(C)c1. The van der Waals surface area contributed by atoms with Crippen molar-refractivity contribution in [2.24, 2.45) is 5.73 Å². The van der Waals surface area contributed by atoms with Crippen LogP contribution >= 0.6 is 11.8 Å². The van der Waals surface area contributed by atoms with Crippen LogP contribution in [-0.4, -0.2) is 39.0 Å². The number of imide groups is 1. The molecule has 0 spiro atoms. The minimum Gasteiger partial charge on any atom is -0.368 e. The van der Waals surface area contributed by atoms with Crippen LogP contribution < -0.4 is 11.1 Å². The molecule has 33 heavy (non-hydrogen) atoms. The predicted octanol–water partition coefficient (Wildman–Crippen LogP) is 3.42. The molecule has 3 aromatic rings. The van der Waals surface area contributed by atoms with E-state index in [2.05, 4.69) is 5.32 Å². The van der Waals surface area contributed by atoms with E-state index in [1.807, 2.05) is 50.2 Å². The van der Waals surface area contributed by atoms with Crippen LogP contribution in [0.5, 0.6) is 0 Å². The van der Waals surface area contributed by atoms with Crippen molar-refractivity contribution in [3.8, 4) is 0 Å². The number of nitrogens with zero attached hydrogens (tertiary/aromatic N) is 2. The van der Waals surface area contributed by atoms with Crippen LogP contribution in [0.1, 0.15) is 16.7 Å². The Kier molecular flexibility index (Phi) is 6.06. The second-order valence-corrected chi connectivity index (χ2v) is 8.82. The first-order valence-electron chi connectivity index (χ1n) is 10.2. The van der Waals surface area contributed by atoms with E-state index in [9.17, 15) is 19.2 Å². The van der Waals surface area contributed by atoms with Crippen LogP contribution in [0.15, 0.2) is 53.6 Å². The highest BCUT2D eigenvalue weighted by atomic mass is 32.2. The smallest absolute Gasteiger partial charge is 0.294 e. The van der Waals surface area contributed by atoms with E-state index in [-0.39, 0.29) is 18.0 Å². The number of fused-ring (bicyclic) bond motifs is 1. The van der Waals surface area contributed by atoms with Gasteiger partial charge in [0, 0.05) is 28.4 Å². The minimum atomic E-state index is -0.535. The molecule has 1 aliphatic heterocycles. The molecule has 0 aliphatic carbocycles. The van der Waals surface area contributed by atoms with Crippen LogP contribution in [0.2, 0.25) is 0 Å². The Morgan fingerprint density at radius 2 is 1.85 bits per heavy atom. The number of amides is 4. The Hall–Kier alpha value is -3.85. The number of benzene rings is 2. The Bertz CT molecular complexity index is 1340. The van der Waals surface area contributed by atoms with Gasteiger partial charge in [-0.2, -0.15) is 0 Å². The maximum atomic E-state index is 12.9. The number of nitrogens with two attached hydrogens (primary N) is 1. The summed E-state index contributed by atoms with van der Waals surface area (Å²) in [6.45, 7) is 3.45. The topological polar surface area (TPSA) is 114 Å². The quantitative estimate of drug-likeness (QED) is 0.545. The molecule has 2 aromatic carbocycles. The molecule has 8 nitrogen and oxygen atoms in total. The Morgan fingerprint density at radius 1 is 1.09 bits per heavy atom. The zero-order valence-corrected chi connectivity index (χ0v) is 18.9. The van der Waals surface area contributed by atoms with E-state index >= 15 is 0 Å². The van der Waals surface area contributed by atoms with Gasteiger partial charge in [-0.25, -0.2) is 0 Å². The number of carbonyl (C=O) groups is 4. The van der Waals surface area contributed by atoms with Crippen molar-refractivity contribution < 1.29 is 19.2 Å². The largest absolute Gasteiger partial charge is 0.368 e. The first-order valence-corrected chi connectivity index (χ1v) is 11.0. The molecule has 3 N–H and O–H groups in total. The van der Waals surface area contributed by atoms with Gasteiger partial charge in [-0.3, -0.25) is 24.1 Å². The molecule has 0 saturated carbocycles. The molecule has 1 fully saturated rings. The number of aryl methyl sites for hydroxylation is 2. The molecule has 1 aliphatic rings. The molecule has 4 amide bonds. The number of thioether (sulfide) groups is 1. The predicted molar refractivity (Wildman–Crippen MR) is 128 cm³/mol. The zero-order valence-electron chi connectivity index (χ0n) is 18.1. The van der Waals surface area contributed by atoms with Crippen LogP contribution in [0, 0.1) is 13.8 Å². The van der Waals surface area contributed by atoms with Crippen molar-refractivity contribution >= 4 is 57.4 Å². The van der Waals surface area contributed by atoms with Gasteiger partial charge >= 0.3 is 0 Å². The maximum absolute atomic E-state index is 12.9. The third kappa shape index (κ3) is 4.68. The molecule has 9 heteroatoms. The Labute approximate surface area is 194 Å². The van der Waals surface area contributed by atoms with E-state index in [0.29, 0.717) is 11.3 Å². The molecule has 4 rings (SSSR count). The number of para-hydroxylation sites is 1. The molecule has 0 atom stereocenters. The highest BCUT2D eigenvalue weighted by Crippen LogP contribution is 2.34. The van der Waals surface area contributed by atoms with Gasteiger partial charge in [0.2, 0.25) is 11.8 Å². The lowest BCUT2D eigenvalue weighted by Gasteiger charge is -2.13. The summed E-state index contributed by atoms with van der Waals surface area (Å²) >= 11 is 0.779. The Morgan fingerprint density at radius 3 is 2.58 bits per heavy atom. The van der Waals surface area contributed by atoms with Gasteiger partial charge in [0.05, 0.1) is 4.91 Å². The van der Waals surface area contributed by atoms with Gasteiger partial charge in [0.1, 0.15) is 13.1 Å². The normalized spacial score (nSPS) is 15.0. The summed E-state index contributed by atoms with van der Waals surface area (Å²) in [7, 11) is 0.